The number of ether oxygens (including phenoxy) is 6. The van der Waals surface area contributed by atoms with Crippen molar-refractivity contribution < 1.29 is 52.1 Å². The van der Waals surface area contributed by atoms with Gasteiger partial charge in [-0.25, -0.2) is 0 Å². The number of imide groups is 2. The molecule has 54 heavy (non-hydrogen) atoms. The molecule has 0 saturated carbocycles. The van der Waals surface area contributed by atoms with Crippen molar-refractivity contribution in [3.63, 3.8) is 0 Å². The van der Waals surface area contributed by atoms with Crippen LogP contribution in [-0.2, 0) is 30.3 Å². The van der Waals surface area contributed by atoms with Crippen LogP contribution in [0.15, 0.2) is 52.5 Å². The fourth-order valence-electron chi connectivity index (χ4n) is 6.53. The molecule has 16 nitrogen and oxygen atoms in total. The maximum Gasteiger partial charge on any atom is 0.266 e. The molecule has 4 aromatic rings. The fourth-order valence-corrected chi connectivity index (χ4v) is 7.33. The minimum absolute atomic E-state index is 0.0500. The third-order valence-corrected chi connectivity index (χ3v) is 10.1. The Morgan fingerprint density at radius 3 is 2.33 bits per heavy atom. The number of likely N-dealkylation sites (tertiary alicyclic amines) is 1. The summed E-state index contributed by atoms with van der Waals surface area (Å²) in [6.07, 6.45) is 3.96. The topological polar surface area (TPSA) is 181 Å². The molecule has 3 aliphatic rings. The molecule has 17 heteroatoms. The summed E-state index contributed by atoms with van der Waals surface area (Å²) in [6, 6.07) is 9.43. The van der Waals surface area contributed by atoms with Gasteiger partial charge in [0.15, 0.2) is 5.76 Å². The molecule has 0 bridgehead atoms. The number of nitrogens with zero attached hydrogens (tertiary/aromatic N) is 4. The summed E-state index contributed by atoms with van der Waals surface area (Å²) in [5, 5.41) is 8.24. The van der Waals surface area contributed by atoms with Crippen molar-refractivity contribution in [1.82, 2.24) is 25.3 Å². The molecule has 0 radical (unpaired) electrons. The molecule has 0 aliphatic carbocycles. The minimum atomic E-state index is -1.04. The average Bonchev–Trinajstić information content (AvgIpc) is 3.90. The summed E-state index contributed by atoms with van der Waals surface area (Å²) in [7, 11) is 0. The van der Waals surface area contributed by atoms with Gasteiger partial charge < -0.3 is 32.9 Å². The molecule has 1 N–H and O–H groups in total. The number of hydrogen-bond acceptors (Lipinski definition) is 15. The molecule has 1 atom stereocenters. The molecule has 1 aromatic carbocycles. The number of piperidine rings is 2. The van der Waals surface area contributed by atoms with E-state index < -0.39 is 29.7 Å². The van der Waals surface area contributed by atoms with E-state index in [1.165, 1.54) is 6.07 Å². The van der Waals surface area contributed by atoms with Gasteiger partial charge in [0, 0.05) is 31.8 Å². The van der Waals surface area contributed by atoms with Crippen LogP contribution in [0, 0.1) is 0 Å². The molecule has 3 aliphatic heterocycles. The van der Waals surface area contributed by atoms with E-state index in [1.807, 2.05) is 23.6 Å². The standard InChI is InChI=1S/C37H41N5O11S/c43-31-5-4-28(35(44)39-31)42-36(45)26-2-1-3-29(33(26)37(42)46)50-19-17-48-15-13-47-14-16-49-18-20-51-32-22-25(53-40-32)23-41-11-7-24(8-12-41)52-30-6-10-38-27-9-21-54-34(27)30/h1-3,6,9-10,21-22,24,28H,4-5,7-8,11-20,23H2,(H,39,43,44). The van der Waals surface area contributed by atoms with Gasteiger partial charge in [-0.3, -0.25) is 39.3 Å². The number of thiophene rings is 1. The summed E-state index contributed by atoms with van der Waals surface area (Å²) in [5.74, 6) is 0.00425. The number of carbonyl (C=O) groups excluding carboxylic acids is 4. The number of fused-ring (bicyclic) bond motifs is 2. The van der Waals surface area contributed by atoms with Crippen LogP contribution in [0.3, 0.4) is 0 Å². The largest absolute Gasteiger partial charge is 0.490 e. The number of benzene rings is 1. The lowest BCUT2D eigenvalue weighted by Gasteiger charge is -2.31. The zero-order valence-electron chi connectivity index (χ0n) is 29.6. The molecular weight excluding hydrogens is 722 g/mol. The predicted molar refractivity (Wildman–Crippen MR) is 192 cm³/mol. The Labute approximate surface area is 314 Å². The SMILES string of the molecule is O=C1CCC(N2C(=O)c3cccc(OCCOCCOCCOCCOc4cc(CN5CCC(Oc6ccnc7ccsc67)CC5)on4)c3C2=O)C(=O)N1. The van der Waals surface area contributed by atoms with Gasteiger partial charge in [0.2, 0.25) is 11.8 Å². The maximum absolute atomic E-state index is 13.1. The van der Waals surface area contributed by atoms with E-state index in [9.17, 15) is 19.2 Å². The molecule has 3 aromatic heterocycles. The van der Waals surface area contributed by atoms with Crippen LogP contribution in [0.1, 0.15) is 52.2 Å². The van der Waals surface area contributed by atoms with Crippen LogP contribution in [0.5, 0.6) is 17.4 Å². The monoisotopic (exact) mass is 763 g/mol. The molecule has 2 fully saturated rings. The van der Waals surface area contributed by atoms with Crippen LogP contribution < -0.4 is 19.5 Å². The Balaban J connectivity index is 0.700. The molecule has 2 saturated heterocycles. The van der Waals surface area contributed by atoms with Crippen molar-refractivity contribution in [2.45, 2.75) is 44.4 Å². The van der Waals surface area contributed by atoms with Crippen molar-refractivity contribution in [2.24, 2.45) is 0 Å². The number of hydrogen-bond donors (Lipinski definition) is 1. The first-order valence-electron chi connectivity index (χ1n) is 17.9. The number of rotatable bonds is 19. The number of nitrogens with one attached hydrogen (secondary N) is 1. The van der Waals surface area contributed by atoms with Gasteiger partial charge in [0.05, 0.1) is 67.5 Å². The van der Waals surface area contributed by atoms with E-state index in [0.717, 1.165) is 52.6 Å². The highest BCUT2D eigenvalue weighted by molar-refractivity contribution is 7.17. The van der Waals surface area contributed by atoms with Crippen LogP contribution in [0.4, 0.5) is 0 Å². The van der Waals surface area contributed by atoms with Crippen LogP contribution >= 0.6 is 11.3 Å². The quantitative estimate of drug-likeness (QED) is 0.109. The van der Waals surface area contributed by atoms with Gasteiger partial charge in [0.1, 0.15) is 36.9 Å². The van der Waals surface area contributed by atoms with Gasteiger partial charge >= 0.3 is 0 Å². The number of pyridine rings is 1. The zero-order chi connectivity index (χ0) is 37.3. The predicted octanol–water partition coefficient (Wildman–Crippen LogP) is 3.24. The average molecular weight is 764 g/mol. The molecular formula is C37H41N5O11S. The highest BCUT2D eigenvalue weighted by Crippen LogP contribution is 2.34. The highest BCUT2D eigenvalue weighted by atomic mass is 32.1. The number of amides is 4. The Kier molecular flexibility index (Phi) is 12.4. The molecule has 6 heterocycles. The lowest BCUT2D eigenvalue weighted by molar-refractivity contribution is -0.136. The van der Waals surface area contributed by atoms with Crippen molar-refractivity contribution in [3.05, 3.63) is 64.9 Å². The fraction of sp³-hybridized carbons (Fsp3) is 0.459. The molecule has 286 valence electrons. The van der Waals surface area contributed by atoms with E-state index in [1.54, 1.807) is 29.7 Å². The van der Waals surface area contributed by atoms with Crippen LogP contribution in [0.25, 0.3) is 10.2 Å². The second kappa shape index (κ2) is 17.9. The zero-order valence-corrected chi connectivity index (χ0v) is 30.4. The lowest BCUT2D eigenvalue weighted by atomic mass is 10.0. The normalized spacial score (nSPS) is 18.0. The molecule has 0 spiro atoms. The second-order valence-electron chi connectivity index (χ2n) is 12.8. The van der Waals surface area contributed by atoms with Crippen molar-refractivity contribution in [2.75, 3.05) is 65.9 Å². The highest BCUT2D eigenvalue weighted by Gasteiger charge is 2.46. The Morgan fingerprint density at radius 2 is 1.57 bits per heavy atom. The third kappa shape index (κ3) is 9.05. The van der Waals surface area contributed by atoms with Crippen molar-refractivity contribution in [3.8, 4) is 17.4 Å². The number of carbonyl (C=O) groups is 4. The van der Waals surface area contributed by atoms with E-state index in [0.29, 0.717) is 52.1 Å². The van der Waals surface area contributed by atoms with Gasteiger partial charge in [-0.05, 0) is 54.1 Å². The Hall–Kier alpha value is -4.94. The first-order chi connectivity index (χ1) is 26.4. The first-order valence-corrected chi connectivity index (χ1v) is 18.8. The van der Waals surface area contributed by atoms with E-state index in [2.05, 4.69) is 20.4 Å². The second-order valence-corrected chi connectivity index (χ2v) is 13.7. The summed E-state index contributed by atoms with van der Waals surface area (Å²) >= 11 is 1.65. The van der Waals surface area contributed by atoms with Crippen molar-refractivity contribution in [1.29, 1.82) is 0 Å². The lowest BCUT2D eigenvalue weighted by Crippen LogP contribution is -2.54. The first kappa shape index (κ1) is 37.4. The molecule has 4 amide bonds. The van der Waals surface area contributed by atoms with Crippen LogP contribution in [0.2, 0.25) is 0 Å². The smallest absolute Gasteiger partial charge is 0.266 e. The van der Waals surface area contributed by atoms with Crippen LogP contribution in [-0.4, -0.2) is 122 Å². The Bertz CT molecular complexity index is 1940. The molecule has 7 rings (SSSR count). The Morgan fingerprint density at radius 1 is 0.833 bits per heavy atom. The summed E-state index contributed by atoms with van der Waals surface area (Å²) in [6.45, 7) is 4.94. The number of aromatic nitrogens is 2. The summed E-state index contributed by atoms with van der Waals surface area (Å²) in [5.41, 5.74) is 1.23. The van der Waals surface area contributed by atoms with Gasteiger partial charge in [-0.15, -0.1) is 11.3 Å². The molecule has 1 unspecified atom stereocenters. The van der Waals surface area contributed by atoms with Crippen molar-refractivity contribution >= 4 is 45.2 Å². The maximum atomic E-state index is 13.1. The third-order valence-electron chi connectivity index (χ3n) is 9.19. The minimum Gasteiger partial charge on any atom is -0.490 e. The summed E-state index contributed by atoms with van der Waals surface area (Å²) in [4.78, 5) is 57.5. The van der Waals surface area contributed by atoms with Gasteiger partial charge in [-0.1, -0.05) is 6.07 Å². The van der Waals surface area contributed by atoms with Gasteiger partial charge in [-0.2, -0.15) is 0 Å². The van der Waals surface area contributed by atoms with E-state index in [-0.39, 0.29) is 49.0 Å². The van der Waals surface area contributed by atoms with E-state index >= 15 is 0 Å². The van der Waals surface area contributed by atoms with Gasteiger partial charge in [0.25, 0.3) is 17.7 Å². The summed E-state index contributed by atoms with van der Waals surface area (Å²) < 4.78 is 41.0. The van der Waals surface area contributed by atoms with E-state index in [4.69, 9.17) is 32.9 Å².